The minimum atomic E-state index is -0.427. The lowest BCUT2D eigenvalue weighted by Crippen LogP contribution is -2.20. The predicted molar refractivity (Wildman–Crippen MR) is 95.4 cm³/mol. The van der Waals surface area contributed by atoms with Gasteiger partial charge in [-0.3, -0.25) is 19.7 Å². The van der Waals surface area contributed by atoms with E-state index in [9.17, 15) is 14.4 Å². The van der Waals surface area contributed by atoms with Crippen LogP contribution in [0.1, 0.15) is 36.6 Å². The van der Waals surface area contributed by atoms with Crippen molar-refractivity contribution in [2.75, 3.05) is 0 Å². The molecule has 0 atom stereocenters. The molecule has 1 aliphatic carbocycles. The molecule has 2 aliphatic rings. The predicted octanol–water partition coefficient (Wildman–Crippen LogP) is 4.16. The zero-order valence-corrected chi connectivity index (χ0v) is 14.1. The monoisotopic (exact) mass is 365 g/mol. The molecule has 2 amide bonds. The van der Waals surface area contributed by atoms with Gasteiger partial charge in [-0.05, 0) is 29.1 Å². The highest BCUT2D eigenvalue weighted by Crippen LogP contribution is 2.47. The van der Waals surface area contributed by atoms with Gasteiger partial charge in [0.05, 0.1) is 11.1 Å². The normalized spacial score (nSPS) is 14.4. The lowest BCUT2D eigenvalue weighted by molar-refractivity contribution is 0.0879. The Morgan fingerprint density at radius 2 is 1.60 bits per heavy atom. The molecule has 1 aromatic heterocycles. The molecule has 120 valence electrons. The molecule has 2 aromatic carbocycles. The van der Waals surface area contributed by atoms with E-state index in [0.29, 0.717) is 37.7 Å². The van der Waals surface area contributed by atoms with Gasteiger partial charge in [0, 0.05) is 32.2 Å². The van der Waals surface area contributed by atoms with Crippen molar-refractivity contribution in [2.24, 2.45) is 0 Å². The molecule has 0 saturated heterocycles. The highest BCUT2D eigenvalue weighted by molar-refractivity contribution is 7.14. The standard InChI is InChI=1S/C19H8ClNO3S/c20-8-4-5-9-12(6-8)16(22)15-13(9)7-25-17(15)10-2-1-3-11-14(10)19(24)21-18(11)23/h1-7H,(H,21,23,24). The van der Waals surface area contributed by atoms with Crippen LogP contribution in [-0.2, 0) is 0 Å². The largest absolute Gasteiger partial charge is 0.289 e. The second-order valence-electron chi connectivity index (χ2n) is 5.88. The lowest BCUT2D eigenvalue weighted by Gasteiger charge is -2.05. The Bertz CT molecular complexity index is 1150. The molecule has 5 rings (SSSR count). The van der Waals surface area contributed by atoms with Gasteiger partial charge < -0.3 is 0 Å². The Kier molecular flexibility index (Phi) is 2.84. The topological polar surface area (TPSA) is 63.2 Å². The minimum absolute atomic E-state index is 0.105. The van der Waals surface area contributed by atoms with E-state index in [-0.39, 0.29) is 5.78 Å². The molecule has 0 saturated carbocycles. The summed E-state index contributed by atoms with van der Waals surface area (Å²) in [6, 6.07) is 10.4. The summed E-state index contributed by atoms with van der Waals surface area (Å²) in [5.74, 6) is -0.939. The van der Waals surface area contributed by atoms with Gasteiger partial charge in [-0.15, -0.1) is 11.3 Å². The number of carbonyl (C=O) groups is 3. The molecule has 0 unspecified atom stereocenters. The number of imide groups is 1. The van der Waals surface area contributed by atoms with E-state index in [0.717, 1.165) is 11.1 Å². The van der Waals surface area contributed by atoms with Crippen molar-refractivity contribution in [3.05, 3.63) is 69.1 Å². The molecule has 1 N–H and O–H groups in total. The number of thiophene rings is 1. The minimum Gasteiger partial charge on any atom is -0.289 e. The first kappa shape index (κ1) is 14.6. The fourth-order valence-electron chi connectivity index (χ4n) is 3.46. The number of hydrogen-bond donors (Lipinski definition) is 1. The molecule has 0 spiro atoms. The summed E-state index contributed by atoms with van der Waals surface area (Å²) < 4.78 is 0. The van der Waals surface area contributed by atoms with Crippen LogP contribution in [0.3, 0.4) is 0 Å². The Morgan fingerprint density at radius 1 is 0.800 bits per heavy atom. The van der Waals surface area contributed by atoms with Crippen molar-refractivity contribution in [1.29, 1.82) is 0 Å². The maximum absolute atomic E-state index is 12.9. The van der Waals surface area contributed by atoms with Gasteiger partial charge in [-0.1, -0.05) is 29.8 Å². The van der Waals surface area contributed by atoms with E-state index in [4.69, 9.17) is 11.6 Å². The van der Waals surface area contributed by atoms with E-state index >= 15 is 0 Å². The van der Waals surface area contributed by atoms with Crippen molar-refractivity contribution in [2.45, 2.75) is 0 Å². The maximum Gasteiger partial charge on any atom is 0.259 e. The second-order valence-corrected chi connectivity index (χ2v) is 7.20. The summed E-state index contributed by atoms with van der Waals surface area (Å²) in [5.41, 5.74) is 4.12. The number of ketones is 1. The second kappa shape index (κ2) is 4.88. The fourth-order valence-corrected chi connectivity index (χ4v) is 4.73. The van der Waals surface area contributed by atoms with E-state index in [1.165, 1.54) is 11.3 Å². The Balaban J connectivity index is 1.77. The highest BCUT2D eigenvalue weighted by atomic mass is 35.5. The van der Waals surface area contributed by atoms with Gasteiger partial charge in [0.15, 0.2) is 5.78 Å². The average molecular weight is 366 g/mol. The summed E-state index contributed by atoms with van der Waals surface area (Å²) >= 11 is 7.43. The molecule has 6 heteroatoms. The average Bonchev–Trinajstić information content (AvgIpc) is 3.23. The van der Waals surface area contributed by atoms with Crippen LogP contribution >= 0.6 is 22.9 Å². The summed E-state index contributed by atoms with van der Waals surface area (Å²) in [6.07, 6.45) is 0. The van der Waals surface area contributed by atoms with Gasteiger partial charge in [0.25, 0.3) is 11.8 Å². The molecule has 25 heavy (non-hydrogen) atoms. The molecular weight excluding hydrogens is 358 g/mol. The Morgan fingerprint density at radius 3 is 2.44 bits per heavy atom. The van der Waals surface area contributed by atoms with Crippen molar-refractivity contribution in [1.82, 2.24) is 5.32 Å². The number of rotatable bonds is 1. The number of benzene rings is 2. The molecule has 0 radical (unpaired) electrons. The molecule has 3 aromatic rings. The quantitative estimate of drug-likeness (QED) is 0.515. The summed E-state index contributed by atoms with van der Waals surface area (Å²) in [4.78, 5) is 37.7. The number of carbonyl (C=O) groups excluding carboxylic acids is 3. The van der Waals surface area contributed by atoms with Crippen LogP contribution < -0.4 is 5.32 Å². The Hall–Kier alpha value is -2.76. The summed E-state index contributed by atoms with van der Waals surface area (Å²) in [5, 5.41) is 4.73. The number of nitrogens with one attached hydrogen (secondary N) is 1. The SMILES string of the molecule is O=C1NC(=O)c2c1cccc2-c1scc2c1C(=O)c1cc(Cl)ccc1-2. The third kappa shape index (κ3) is 1.85. The van der Waals surface area contributed by atoms with Gasteiger partial charge in [-0.2, -0.15) is 0 Å². The van der Waals surface area contributed by atoms with Gasteiger partial charge >= 0.3 is 0 Å². The number of fused-ring (bicyclic) bond motifs is 4. The smallest absolute Gasteiger partial charge is 0.259 e. The molecule has 0 fully saturated rings. The van der Waals surface area contributed by atoms with Crippen LogP contribution in [0.4, 0.5) is 0 Å². The van der Waals surface area contributed by atoms with Gasteiger partial charge in [0.1, 0.15) is 0 Å². The molecule has 2 heterocycles. The van der Waals surface area contributed by atoms with Crippen LogP contribution in [0.2, 0.25) is 5.02 Å². The molecular formula is C19H8ClNO3S. The van der Waals surface area contributed by atoms with Gasteiger partial charge in [0.2, 0.25) is 0 Å². The van der Waals surface area contributed by atoms with E-state index in [1.54, 1.807) is 30.3 Å². The molecule has 0 bridgehead atoms. The van der Waals surface area contributed by atoms with E-state index in [2.05, 4.69) is 5.32 Å². The van der Waals surface area contributed by atoms with Crippen molar-refractivity contribution >= 4 is 40.5 Å². The molecule has 4 nitrogen and oxygen atoms in total. The Labute approximate surface area is 151 Å². The van der Waals surface area contributed by atoms with Crippen LogP contribution in [0.15, 0.2) is 41.8 Å². The number of amides is 2. The third-order valence-corrected chi connectivity index (χ3v) is 5.79. The fraction of sp³-hybridized carbons (Fsp3) is 0. The maximum atomic E-state index is 12.9. The van der Waals surface area contributed by atoms with Crippen LogP contribution in [0.25, 0.3) is 21.6 Å². The van der Waals surface area contributed by atoms with E-state index < -0.39 is 11.8 Å². The molecule has 1 aliphatic heterocycles. The number of halogens is 1. The first-order valence-corrected chi connectivity index (χ1v) is 8.77. The van der Waals surface area contributed by atoms with Crippen molar-refractivity contribution in [3.63, 3.8) is 0 Å². The van der Waals surface area contributed by atoms with Crippen LogP contribution in [0.5, 0.6) is 0 Å². The third-order valence-electron chi connectivity index (χ3n) is 4.54. The van der Waals surface area contributed by atoms with Gasteiger partial charge in [-0.25, -0.2) is 0 Å². The zero-order valence-electron chi connectivity index (χ0n) is 12.6. The van der Waals surface area contributed by atoms with Crippen LogP contribution in [-0.4, -0.2) is 17.6 Å². The summed E-state index contributed by atoms with van der Waals surface area (Å²) in [7, 11) is 0. The zero-order chi connectivity index (χ0) is 17.3. The van der Waals surface area contributed by atoms with Crippen molar-refractivity contribution < 1.29 is 14.4 Å². The first-order valence-electron chi connectivity index (χ1n) is 7.51. The van der Waals surface area contributed by atoms with Crippen molar-refractivity contribution in [3.8, 4) is 21.6 Å². The van der Waals surface area contributed by atoms with E-state index in [1.807, 2.05) is 11.4 Å². The number of hydrogen-bond acceptors (Lipinski definition) is 4. The van der Waals surface area contributed by atoms with Crippen LogP contribution in [0, 0.1) is 0 Å². The summed E-state index contributed by atoms with van der Waals surface area (Å²) in [6.45, 7) is 0. The first-order chi connectivity index (χ1) is 12.1. The highest BCUT2D eigenvalue weighted by Gasteiger charge is 2.35. The lowest BCUT2D eigenvalue weighted by atomic mass is 9.98.